The van der Waals surface area contributed by atoms with Crippen molar-refractivity contribution in [2.75, 3.05) is 6.54 Å². The summed E-state index contributed by atoms with van der Waals surface area (Å²) in [6.07, 6.45) is 1.83. The van der Waals surface area contributed by atoms with E-state index in [-0.39, 0.29) is 5.78 Å². The van der Waals surface area contributed by atoms with Crippen molar-refractivity contribution in [2.45, 2.75) is 13.1 Å². The predicted octanol–water partition coefficient (Wildman–Crippen LogP) is 3.37. The summed E-state index contributed by atoms with van der Waals surface area (Å²) < 4.78 is 0. The van der Waals surface area contributed by atoms with Crippen LogP contribution in [0.5, 0.6) is 0 Å². The molecule has 0 bridgehead atoms. The number of benzene rings is 2. The van der Waals surface area contributed by atoms with Crippen molar-refractivity contribution in [3.63, 3.8) is 0 Å². The summed E-state index contributed by atoms with van der Waals surface area (Å²) in [5.41, 5.74) is 4.49. The van der Waals surface area contributed by atoms with E-state index in [2.05, 4.69) is 34.1 Å². The maximum absolute atomic E-state index is 12.6. The Morgan fingerprint density at radius 2 is 1.67 bits per heavy atom. The van der Waals surface area contributed by atoms with Crippen LogP contribution in [0, 0.1) is 0 Å². The fraction of sp³-hybridized carbons (Fsp3) is 0.167. The lowest BCUT2D eigenvalue weighted by Gasteiger charge is -2.13. The van der Waals surface area contributed by atoms with Crippen LogP contribution in [-0.2, 0) is 13.1 Å². The molecule has 1 aliphatic rings. The Hall–Kier alpha value is -2.39. The van der Waals surface area contributed by atoms with Gasteiger partial charge >= 0.3 is 0 Å². The molecule has 0 amide bonds. The quantitative estimate of drug-likeness (QED) is 0.745. The van der Waals surface area contributed by atoms with Gasteiger partial charge in [-0.25, -0.2) is 0 Å². The molecule has 0 saturated carbocycles. The van der Waals surface area contributed by atoms with Gasteiger partial charge < -0.3 is 4.98 Å². The molecule has 2 heterocycles. The Morgan fingerprint density at radius 1 is 1.00 bits per heavy atom. The number of H-pyrrole nitrogens is 1. The van der Waals surface area contributed by atoms with E-state index in [4.69, 9.17) is 0 Å². The van der Waals surface area contributed by atoms with E-state index in [1.165, 1.54) is 11.1 Å². The van der Waals surface area contributed by atoms with E-state index < -0.39 is 0 Å². The molecule has 3 nitrogen and oxygen atoms in total. The van der Waals surface area contributed by atoms with Crippen molar-refractivity contribution >= 4 is 16.7 Å². The van der Waals surface area contributed by atoms with Gasteiger partial charge in [0.15, 0.2) is 5.78 Å². The maximum atomic E-state index is 12.6. The second-order valence-electron chi connectivity index (χ2n) is 5.58. The highest BCUT2D eigenvalue weighted by molar-refractivity contribution is 6.08. The third-order valence-corrected chi connectivity index (χ3v) is 4.16. The van der Waals surface area contributed by atoms with E-state index in [9.17, 15) is 4.79 Å². The molecular formula is C18H16N2O. The number of carbonyl (C=O) groups is 1. The van der Waals surface area contributed by atoms with Crippen molar-refractivity contribution in [1.82, 2.24) is 9.88 Å². The second kappa shape index (κ2) is 4.86. The molecule has 0 radical (unpaired) electrons. The van der Waals surface area contributed by atoms with Crippen LogP contribution >= 0.6 is 0 Å². The number of aromatic nitrogens is 1. The van der Waals surface area contributed by atoms with Crippen molar-refractivity contribution in [3.8, 4) is 0 Å². The van der Waals surface area contributed by atoms with Crippen LogP contribution in [-0.4, -0.2) is 22.2 Å². The molecule has 4 rings (SSSR count). The molecule has 21 heavy (non-hydrogen) atoms. The van der Waals surface area contributed by atoms with Gasteiger partial charge in [0.1, 0.15) is 0 Å². The van der Waals surface area contributed by atoms with Crippen LogP contribution in [0.1, 0.15) is 21.5 Å². The van der Waals surface area contributed by atoms with Gasteiger partial charge in [0.25, 0.3) is 0 Å². The topological polar surface area (TPSA) is 36.1 Å². The molecule has 0 spiro atoms. The van der Waals surface area contributed by atoms with E-state index in [1.54, 1.807) is 0 Å². The average molecular weight is 276 g/mol. The van der Waals surface area contributed by atoms with Crippen molar-refractivity contribution < 1.29 is 4.79 Å². The van der Waals surface area contributed by atoms with E-state index in [0.717, 1.165) is 29.6 Å². The molecule has 3 heteroatoms. The molecule has 0 aliphatic carbocycles. The largest absolute Gasteiger partial charge is 0.360 e. The summed E-state index contributed by atoms with van der Waals surface area (Å²) in [7, 11) is 0. The number of Topliss-reactive ketones (excluding diaryl/α,β-unsaturated/α-hetero) is 1. The number of fused-ring (bicyclic) bond motifs is 2. The second-order valence-corrected chi connectivity index (χ2v) is 5.58. The number of hydrogen-bond donors (Lipinski definition) is 1. The van der Waals surface area contributed by atoms with Crippen LogP contribution in [0.4, 0.5) is 0 Å². The summed E-state index contributed by atoms with van der Waals surface area (Å²) in [4.78, 5) is 17.9. The Bertz CT molecular complexity index is 794. The number of rotatable bonds is 3. The summed E-state index contributed by atoms with van der Waals surface area (Å²) in [5, 5.41) is 1.01. The Balaban J connectivity index is 1.55. The number of ketones is 1. The summed E-state index contributed by atoms with van der Waals surface area (Å²) in [6, 6.07) is 16.4. The number of para-hydroxylation sites is 1. The van der Waals surface area contributed by atoms with E-state index in [1.807, 2.05) is 30.5 Å². The molecule has 1 N–H and O–H groups in total. The minimum absolute atomic E-state index is 0.181. The molecule has 1 aromatic heterocycles. The SMILES string of the molecule is O=C(CN1Cc2ccccc2C1)c1c[nH]c2ccccc12. The third kappa shape index (κ3) is 2.16. The minimum atomic E-state index is 0.181. The highest BCUT2D eigenvalue weighted by Crippen LogP contribution is 2.23. The highest BCUT2D eigenvalue weighted by atomic mass is 16.1. The van der Waals surface area contributed by atoms with Gasteiger partial charge in [-0.1, -0.05) is 42.5 Å². The normalized spacial score (nSPS) is 14.5. The fourth-order valence-electron chi connectivity index (χ4n) is 3.11. The zero-order valence-electron chi connectivity index (χ0n) is 11.7. The summed E-state index contributed by atoms with van der Waals surface area (Å²) in [6.45, 7) is 2.20. The fourth-order valence-corrected chi connectivity index (χ4v) is 3.11. The van der Waals surface area contributed by atoms with Crippen molar-refractivity contribution in [3.05, 3.63) is 71.4 Å². The van der Waals surface area contributed by atoms with Gasteiger partial charge in [0, 0.05) is 35.8 Å². The smallest absolute Gasteiger partial charge is 0.178 e. The monoisotopic (exact) mass is 276 g/mol. The first kappa shape index (κ1) is 12.4. The highest BCUT2D eigenvalue weighted by Gasteiger charge is 2.22. The minimum Gasteiger partial charge on any atom is -0.360 e. The van der Waals surface area contributed by atoms with Crippen molar-refractivity contribution in [1.29, 1.82) is 0 Å². The number of aromatic amines is 1. The van der Waals surface area contributed by atoms with Crippen LogP contribution in [0.3, 0.4) is 0 Å². The first-order chi connectivity index (χ1) is 10.3. The van der Waals surface area contributed by atoms with Gasteiger partial charge in [-0.2, -0.15) is 0 Å². The zero-order valence-corrected chi connectivity index (χ0v) is 11.7. The Kier molecular flexibility index (Phi) is 2.86. The maximum Gasteiger partial charge on any atom is 0.178 e. The van der Waals surface area contributed by atoms with Gasteiger partial charge in [0.05, 0.1) is 6.54 Å². The zero-order chi connectivity index (χ0) is 14.2. The predicted molar refractivity (Wildman–Crippen MR) is 83.2 cm³/mol. The first-order valence-electron chi connectivity index (χ1n) is 7.20. The Labute approximate surface area is 123 Å². The molecule has 0 atom stereocenters. The van der Waals surface area contributed by atoms with Gasteiger partial charge in [0.2, 0.25) is 0 Å². The number of nitrogens with zero attached hydrogens (tertiary/aromatic N) is 1. The summed E-state index contributed by atoms with van der Waals surface area (Å²) >= 11 is 0. The number of hydrogen-bond acceptors (Lipinski definition) is 2. The van der Waals surface area contributed by atoms with E-state index >= 15 is 0 Å². The third-order valence-electron chi connectivity index (χ3n) is 4.16. The molecule has 104 valence electrons. The van der Waals surface area contributed by atoms with Crippen LogP contribution in [0.25, 0.3) is 10.9 Å². The van der Waals surface area contributed by atoms with Crippen LogP contribution in [0.15, 0.2) is 54.7 Å². The molecule has 3 aromatic rings. The van der Waals surface area contributed by atoms with E-state index in [0.29, 0.717) is 6.54 Å². The Morgan fingerprint density at radius 3 is 2.43 bits per heavy atom. The summed E-state index contributed by atoms with van der Waals surface area (Å²) in [5.74, 6) is 0.181. The molecule has 2 aromatic carbocycles. The number of carbonyl (C=O) groups excluding carboxylic acids is 1. The first-order valence-corrected chi connectivity index (χ1v) is 7.20. The van der Waals surface area contributed by atoms with Gasteiger partial charge in [-0.3, -0.25) is 9.69 Å². The van der Waals surface area contributed by atoms with Gasteiger partial charge in [-0.05, 0) is 17.2 Å². The van der Waals surface area contributed by atoms with Crippen LogP contribution in [0.2, 0.25) is 0 Å². The lowest BCUT2D eigenvalue weighted by molar-refractivity contribution is 0.0931. The number of nitrogens with one attached hydrogen (secondary N) is 1. The lowest BCUT2D eigenvalue weighted by atomic mass is 10.1. The molecular weight excluding hydrogens is 260 g/mol. The molecule has 1 aliphatic heterocycles. The van der Waals surface area contributed by atoms with Gasteiger partial charge in [-0.15, -0.1) is 0 Å². The van der Waals surface area contributed by atoms with Crippen LogP contribution < -0.4 is 0 Å². The molecule has 0 saturated heterocycles. The average Bonchev–Trinajstić information content (AvgIpc) is 3.10. The lowest BCUT2D eigenvalue weighted by Crippen LogP contribution is -2.24. The molecule has 0 unspecified atom stereocenters. The standard InChI is InChI=1S/C18H16N2O/c21-18(16-9-19-17-8-4-3-7-15(16)17)12-20-10-13-5-1-2-6-14(13)11-20/h1-9,19H,10-12H2. The van der Waals surface area contributed by atoms with Crippen molar-refractivity contribution in [2.24, 2.45) is 0 Å². The molecule has 0 fully saturated rings.